The Balaban J connectivity index is 1.52. The van der Waals surface area contributed by atoms with Crippen molar-refractivity contribution >= 4 is 6.09 Å². The van der Waals surface area contributed by atoms with E-state index in [0.717, 1.165) is 5.56 Å². The number of nitrogens with one attached hydrogen (secondary N) is 1. The molecule has 0 aliphatic carbocycles. The second-order valence-corrected chi connectivity index (χ2v) is 5.81. The third-order valence-electron chi connectivity index (χ3n) is 4.35. The zero-order valence-electron chi connectivity index (χ0n) is 11.6. The highest BCUT2D eigenvalue weighted by Crippen LogP contribution is 2.48. The van der Waals surface area contributed by atoms with E-state index >= 15 is 0 Å². The van der Waals surface area contributed by atoms with Crippen molar-refractivity contribution in [3.05, 3.63) is 35.9 Å². The van der Waals surface area contributed by atoms with Crippen molar-refractivity contribution in [1.82, 2.24) is 10.2 Å². The van der Waals surface area contributed by atoms with Crippen molar-refractivity contribution in [2.75, 3.05) is 26.2 Å². The van der Waals surface area contributed by atoms with E-state index in [1.54, 1.807) is 0 Å². The Kier molecular flexibility index (Phi) is 3.57. The van der Waals surface area contributed by atoms with E-state index in [2.05, 4.69) is 5.32 Å². The van der Waals surface area contributed by atoms with Gasteiger partial charge < -0.3 is 15.0 Å². The summed E-state index contributed by atoms with van der Waals surface area (Å²) in [6, 6.07) is 9.30. The highest BCUT2D eigenvalue weighted by molar-refractivity contribution is 5.69. The quantitative estimate of drug-likeness (QED) is 0.910. The molecule has 1 N–H and O–H groups in total. The van der Waals surface area contributed by atoms with Crippen molar-refractivity contribution in [1.29, 1.82) is 0 Å². The lowest BCUT2D eigenvalue weighted by Gasteiger charge is -2.55. The molecule has 1 aromatic rings. The van der Waals surface area contributed by atoms with Crippen LogP contribution in [0.4, 0.5) is 13.6 Å². The molecule has 2 heterocycles. The van der Waals surface area contributed by atoms with Gasteiger partial charge in [-0.3, -0.25) is 0 Å². The Morgan fingerprint density at radius 3 is 2.67 bits per heavy atom. The topological polar surface area (TPSA) is 41.6 Å². The lowest BCUT2D eigenvalue weighted by molar-refractivity contribution is -0.195. The van der Waals surface area contributed by atoms with Crippen LogP contribution in [0.2, 0.25) is 0 Å². The summed E-state index contributed by atoms with van der Waals surface area (Å²) in [5.41, 5.74) is -0.183. The number of nitrogens with zero attached hydrogens (tertiary/aromatic N) is 1. The van der Waals surface area contributed by atoms with E-state index in [-0.39, 0.29) is 26.2 Å². The number of ether oxygens (including phenoxy) is 1. The van der Waals surface area contributed by atoms with Gasteiger partial charge in [0, 0.05) is 13.1 Å². The van der Waals surface area contributed by atoms with Crippen LogP contribution in [0.5, 0.6) is 0 Å². The maximum Gasteiger partial charge on any atom is 0.410 e. The summed E-state index contributed by atoms with van der Waals surface area (Å²) >= 11 is 0. The first kappa shape index (κ1) is 14.3. The molecule has 1 spiro atoms. The van der Waals surface area contributed by atoms with E-state index in [9.17, 15) is 13.6 Å². The molecule has 0 saturated carbocycles. The van der Waals surface area contributed by atoms with Crippen molar-refractivity contribution in [3.63, 3.8) is 0 Å². The van der Waals surface area contributed by atoms with Gasteiger partial charge in [0.2, 0.25) is 0 Å². The average Bonchev–Trinajstić information content (AvgIpc) is 2.43. The molecule has 2 aliphatic rings. The summed E-state index contributed by atoms with van der Waals surface area (Å²) in [7, 11) is 0. The number of rotatable bonds is 2. The summed E-state index contributed by atoms with van der Waals surface area (Å²) in [5, 5.41) is 2.70. The zero-order chi connectivity index (χ0) is 14.9. The molecule has 6 heteroatoms. The number of benzene rings is 1. The van der Waals surface area contributed by atoms with E-state index in [1.807, 2.05) is 30.3 Å². The van der Waals surface area contributed by atoms with Gasteiger partial charge in [0.05, 0.1) is 12.0 Å². The molecule has 114 valence electrons. The summed E-state index contributed by atoms with van der Waals surface area (Å²) in [6.45, 7) is 0.591. The Morgan fingerprint density at radius 1 is 1.29 bits per heavy atom. The molecule has 0 unspecified atom stereocenters. The first-order valence-corrected chi connectivity index (χ1v) is 7.07. The van der Waals surface area contributed by atoms with Gasteiger partial charge in [-0.2, -0.15) is 0 Å². The van der Waals surface area contributed by atoms with E-state index in [4.69, 9.17) is 4.74 Å². The molecular weight excluding hydrogens is 278 g/mol. The summed E-state index contributed by atoms with van der Waals surface area (Å²) in [4.78, 5) is 13.2. The van der Waals surface area contributed by atoms with Crippen molar-refractivity contribution < 1.29 is 18.3 Å². The summed E-state index contributed by atoms with van der Waals surface area (Å²) in [5.74, 6) is -2.76. The molecule has 0 atom stereocenters. The second kappa shape index (κ2) is 5.26. The average molecular weight is 296 g/mol. The maximum atomic E-state index is 14.0. The smallest absolute Gasteiger partial charge is 0.410 e. The number of amides is 1. The minimum Gasteiger partial charge on any atom is -0.445 e. The molecule has 3 rings (SSSR count). The first-order chi connectivity index (χ1) is 10.0. The molecular formula is C15H18F2N2O2. The van der Waals surface area contributed by atoms with Crippen LogP contribution in [0.25, 0.3) is 0 Å². The lowest BCUT2D eigenvalue weighted by atomic mass is 9.70. The van der Waals surface area contributed by atoms with Crippen LogP contribution in [0, 0.1) is 5.41 Å². The molecule has 2 aliphatic heterocycles. The minimum atomic E-state index is -2.76. The molecule has 2 fully saturated rings. The minimum absolute atomic E-state index is 0.0787. The van der Waals surface area contributed by atoms with Crippen LogP contribution < -0.4 is 5.32 Å². The number of piperidine rings is 1. The van der Waals surface area contributed by atoms with Crippen molar-refractivity contribution in [2.24, 2.45) is 5.41 Å². The van der Waals surface area contributed by atoms with Crippen LogP contribution in [0.3, 0.4) is 0 Å². The first-order valence-electron chi connectivity index (χ1n) is 7.07. The fourth-order valence-corrected chi connectivity index (χ4v) is 2.96. The highest BCUT2D eigenvalue weighted by atomic mass is 19.3. The molecule has 4 nitrogen and oxygen atoms in total. The fourth-order valence-electron chi connectivity index (χ4n) is 2.96. The monoisotopic (exact) mass is 296 g/mol. The number of carbonyl (C=O) groups excluding carboxylic acids is 1. The number of halogens is 2. The third kappa shape index (κ3) is 2.60. The normalized spacial score (nSPS) is 22.7. The van der Waals surface area contributed by atoms with E-state index in [0.29, 0.717) is 13.0 Å². The Morgan fingerprint density at radius 2 is 2.00 bits per heavy atom. The van der Waals surface area contributed by atoms with Crippen LogP contribution in [0.15, 0.2) is 30.3 Å². The Bertz CT molecular complexity index is 516. The lowest BCUT2D eigenvalue weighted by Crippen LogP contribution is -2.70. The molecule has 2 saturated heterocycles. The molecule has 0 bridgehead atoms. The van der Waals surface area contributed by atoms with Crippen LogP contribution in [0.1, 0.15) is 12.0 Å². The molecule has 1 amide bonds. The summed E-state index contributed by atoms with van der Waals surface area (Å²) < 4.78 is 33.1. The van der Waals surface area contributed by atoms with Gasteiger partial charge in [0.25, 0.3) is 5.92 Å². The molecule has 1 aromatic carbocycles. The number of hydrogen-bond donors (Lipinski definition) is 1. The zero-order valence-corrected chi connectivity index (χ0v) is 11.6. The predicted molar refractivity (Wildman–Crippen MR) is 73.1 cm³/mol. The maximum absolute atomic E-state index is 14.0. The van der Waals surface area contributed by atoms with Gasteiger partial charge in [-0.1, -0.05) is 30.3 Å². The fraction of sp³-hybridized carbons (Fsp3) is 0.533. The third-order valence-corrected chi connectivity index (χ3v) is 4.35. The van der Waals surface area contributed by atoms with Crippen molar-refractivity contribution in [3.8, 4) is 0 Å². The Labute approximate surface area is 122 Å². The second-order valence-electron chi connectivity index (χ2n) is 5.81. The standard InChI is InChI=1S/C15H18F2N2O2/c16-15(17)9-18-7-6-14(15)10-19(11-14)13(20)21-8-12-4-2-1-3-5-12/h1-5,18H,6-11H2. The van der Waals surface area contributed by atoms with E-state index < -0.39 is 17.4 Å². The van der Waals surface area contributed by atoms with Gasteiger partial charge in [0.15, 0.2) is 0 Å². The Hall–Kier alpha value is -1.69. The van der Waals surface area contributed by atoms with E-state index in [1.165, 1.54) is 4.90 Å². The molecule has 0 radical (unpaired) electrons. The van der Waals surface area contributed by atoms with Crippen LogP contribution >= 0.6 is 0 Å². The summed E-state index contributed by atoms with van der Waals surface area (Å²) in [6.07, 6.45) is -0.124. The molecule has 21 heavy (non-hydrogen) atoms. The number of likely N-dealkylation sites (tertiary alicyclic amines) is 1. The SMILES string of the molecule is O=C(OCc1ccccc1)N1CC2(CCNCC2(F)F)C1. The number of carbonyl (C=O) groups is 1. The van der Waals surface area contributed by atoms with Crippen molar-refractivity contribution in [2.45, 2.75) is 19.0 Å². The van der Waals surface area contributed by atoms with Gasteiger partial charge in [0.1, 0.15) is 6.61 Å². The van der Waals surface area contributed by atoms with Gasteiger partial charge in [-0.05, 0) is 18.5 Å². The van der Waals surface area contributed by atoms with Gasteiger partial charge >= 0.3 is 6.09 Å². The van der Waals surface area contributed by atoms with Crippen LogP contribution in [-0.2, 0) is 11.3 Å². The largest absolute Gasteiger partial charge is 0.445 e. The van der Waals surface area contributed by atoms with Gasteiger partial charge in [-0.15, -0.1) is 0 Å². The number of alkyl halides is 2. The highest BCUT2D eigenvalue weighted by Gasteiger charge is 2.62. The predicted octanol–water partition coefficient (Wildman–Crippen LogP) is 2.25. The number of hydrogen-bond acceptors (Lipinski definition) is 3. The van der Waals surface area contributed by atoms with Crippen LogP contribution in [-0.4, -0.2) is 43.1 Å². The van der Waals surface area contributed by atoms with Gasteiger partial charge in [-0.25, -0.2) is 13.6 Å². The molecule has 0 aromatic heterocycles.